The summed E-state index contributed by atoms with van der Waals surface area (Å²) in [5, 5.41) is 0.926. The average Bonchev–Trinajstić information content (AvgIpc) is 3.32. The fourth-order valence-corrected chi connectivity index (χ4v) is 12.5. The van der Waals surface area contributed by atoms with E-state index in [1.807, 2.05) is 31.5 Å². The van der Waals surface area contributed by atoms with E-state index in [0.29, 0.717) is 29.3 Å². The van der Waals surface area contributed by atoms with E-state index >= 15 is 0 Å². The monoisotopic (exact) mass is 823 g/mol. The van der Waals surface area contributed by atoms with E-state index in [9.17, 15) is 4.57 Å². The van der Waals surface area contributed by atoms with Crippen molar-refractivity contribution >= 4 is 12.4 Å². The van der Waals surface area contributed by atoms with Gasteiger partial charge in [0, 0.05) is 27.4 Å². The molecule has 1 heterocycles. The highest BCUT2D eigenvalue weighted by Crippen LogP contribution is 2.65. The molecule has 0 amide bonds. The van der Waals surface area contributed by atoms with Gasteiger partial charge in [-0.15, -0.1) is 0 Å². The van der Waals surface area contributed by atoms with Crippen LogP contribution in [0.3, 0.4) is 0 Å². The van der Waals surface area contributed by atoms with Crippen LogP contribution in [0.1, 0.15) is 43.2 Å². The van der Waals surface area contributed by atoms with Crippen LogP contribution in [0, 0.1) is 23.7 Å². The fourth-order valence-electron chi connectivity index (χ4n) is 11.6. The number of rotatable bonds is 9. The van der Waals surface area contributed by atoms with Crippen molar-refractivity contribution in [3.8, 4) is 67.5 Å². The molecule has 0 radical (unpaired) electrons. The van der Waals surface area contributed by atoms with Gasteiger partial charge in [0.05, 0.1) is 0 Å². The lowest BCUT2D eigenvalue weighted by atomic mass is 9.42. The first-order chi connectivity index (χ1) is 30.3. The minimum atomic E-state index is -2.37. The van der Waals surface area contributed by atoms with Crippen molar-refractivity contribution in [3.63, 3.8) is 0 Å². The van der Waals surface area contributed by atoms with Crippen molar-refractivity contribution < 1.29 is 4.57 Å². The zero-order chi connectivity index (χ0) is 41.8. The zero-order valence-electron chi connectivity index (χ0n) is 35.4. The summed E-state index contributed by atoms with van der Waals surface area (Å²) in [6.45, 7) is 3.70. The van der Waals surface area contributed by atoms with Crippen LogP contribution in [0.4, 0.5) is 0 Å². The molecule has 62 heavy (non-hydrogen) atoms. The summed E-state index contributed by atoms with van der Waals surface area (Å²) in [5.41, 5.74) is 12.5. The fraction of sp³-hybridized carbons (Fsp3) is 0.211. The summed E-state index contributed by atoms with van der Waals surface area (Å²) in [4.78, 5) is 15.7. The Morgan fingerprint density at radius 1 is 0.403 bits per heavy atom. The molecule has 0 N–H and O–H groups in total. The Morgan fingerprint density at radius 2 is 0.823 bits per heavy atom. The zero-order valence-corrected chi connectivity index (χ0v) is 36.3. The van der Waals surface area contributed by atoms with Crippen LogP contribution in [0.15, 0.2) is 182 Å². The van der Waals surface area contributed by atoms with E-state index in [1.54, 1.807) is 0 Å². The molecule has 5 heteroatoms. The number of aromatic nitrogens is 3. The maximum absolute atomic E-state index is 13.0. The minimum Gasteiger partial charge on any atom is -0.319 e. The predicted molar refractivity (Wildman–Crippen MR) is 256 cm³/mol. The average molecular weight is 824 g/mol. The first-order valence-corrected chi connectivity index (χ1v) is 24.8. The predicted octanol–water partition coefficient (Wildman–Crippen LogP) is 13.9. The number of benzene rings is 7. The van der Waals surface area contributed by atoms with Crippen LogP contribution in [0.2, 0.25) is 0 Å². The first kappa shape index (κ1) is 38.7. The standard InChI is InChI=1S/C57H50N3OP/c1-62(2,61)51-17-11-16-46(37-51)42-24-28-47(29-25-42)57(49-33-38-32-39(35-49)36-50(57)34-38)48-30-26-45(27-31-48)55-58-54(44-22-20-41(21-23-44)40-12-5-3-6-13-40)59-56(60-55)53-19-10-9-18-52(53)43-14-7-4-8-15-43/h3-31,37-39,49-50H,32-36H2,1-2H3. The Labute approximate surface area is 365 Å². The van der Waals surface area contributed by atoms with Crippen LogP contribution >= 0.6 is 7.14 Å². The summed E-state index contributed by atoms with van der Waals surface area (Å²) in [7, 11) is -2.37. The molecule has 12 rings (SSSR count). The van der Waals surface area contributed by atoms with Crippen molar-refractivity contribution in [1.29, 1.82) is 0 Å². The van der Waals surface area contributed by atoms with Gasteiger partial charge in [-0.3, -0.25) is 0 Å². The maximum atomic E-state index is 13.0. The summed E-state index contributed by atoms with van der Waals surface area (Å²) in [5.74, 6) is 4.87. The first-order valence-electron chi connectivity index (χ1n) is 22.2. The molecule has 8 aromatic rings. The van der Waals surface area contributed by atoms with E-state index in [-0.39, 0.29) is 5.41 Å². The Morgan fingerprint density at radius 3 is 1.39 bits per heavy atom. The van der Waals surface area contributed by atoms with Crippen LogP contribution < -0.4 is 5.30 Å². The molecule has 0 unspecified atom stereocenters. The molecular formula is C57H50N3OP. The number of nitrogens with zero attached hydrogens (tertiary/aromatic N) is 3. The van der Waals surface area contributed by atoms with Gasteiger partial charge in [-0.25, -0.2) is 15.0 Å². The second kappa shape index (κ2) is 15.6. The molecule has 304 valence electrons. The van der Waals surface area contributed by atoms with Gasteiger partial charge in [-0.1, -0.05) is 176 Å². The smallest absolute Gasteiger partial charge is 0.164 e. The van der Waals surface area contributed by atoms with Gasteiger partial charge in [-0.05, 0) is 120 Å². The molecule has 4 fully saturated rings. The third-order valence-electron chi connectivity index (χ3n) is 14.3. The minimum absolute atomic E-state index is 0.0561. The molecular weight excluding hydrogens is 774 g/mol. The summed E-state index contributed by atoms with van der Waals surface area (Å²) in [6.07, 6.45) is 6.59. The van der Waals surface area contributed by atoms with Gasteiger partial charge in [-0.2, -0.15) is 0 Å². The topological polar surface area (TPSA) is 55.7 Å². The normalized spacial score (nSPS) is 21.5. The molecule has 1 aromatic heterocycles. The number of hydrogen-bond acceptors (Lipinski definition) is 4. The molecule has 4 nitrogen and oxygen atoms in total. The molecule has 0 atom stereocenters. The largest absolute Gasteiger partial charge is 0.319 e. The molecule has 4 saturated carbocycles. The molecule has 4 bridgehead atoms. The molecule has 0 spiro atoms. The van der Waals surface area contributed by atoms with E-state index in [0.717, 1.165) is 56.1 Å². The Kier molecular flexibility index (Phi) is 9.73. The third-order valence-corrected chi connectivity index (χ3v) is 15.9. The summed E-state index contributed by atoms with van der Waals surface area (Å²) < 4.78 is 13.0. The number of hydrogen-bond donors (Lipinski definition) is 0. The van der Waals surface area contributed by atoms with Crippen LogP contribution in [-0.2, 0) is 9.98 Å². The highest BCUT2D eigenvalue weighted by atomic mass is 31.2. The van der Waals surface area contributed by atoms with E-state index in [2.05, 4.69) is 164 Å². The van der Waals surface area contributed by atoms with Gasteiger partial charge in [0.15, 0.2) is 17.5 Å². The third kappa shape index (κ3) is 6.95. The van der Waals surface area contributed by atoms with Gasteiger partial charge < -0.3 is 4.57 Å². The second-order valence-corrected chi connectivity index (χ2v) is 21.6. The Bertz CT molecular complexity index is 2910. The van der Waals surface area contributed by atoms with Crippen molar-refractivity contribution in [2.75, 3.05) is 13.3 Å². The Hall–Kier alpha value is -6.22. The lowest BCUT2D eigenvalue weighted by Crippen LogP contribution is -2.56. The van der Waals surface area contributed by atoms with Crippen molar-refractivity contribution in [2.45, 2.75) is 37.5 Å². The van der Waals surface area contributed by atoms with Crippen molar-refractivity contribution in [3.05, 3.63) is 193 Å². The van der Waals surface area contributed by atoms with Gasteiger partial charge >= 0.3 is 0 Å². The Balaban J connectivity index is 1.01. The summed E-state index contributed by atoms with van der Waals surface area (Å²) >= 11 is 0. The molecule has 0 saturated heterocycles. The lowest BCUT2D eigenvalue weighted by Gasteiger charge is -2.62. The molecule has 4 aliphatic rings. The van der Waals surface area contributed by atoms with Crippen molar-refractivity contribution in [2.24, 2.45) is 23.7 Å². The SMILES string of the molecule is CP(C)(=O)c1cccc(-c2ccc(C3(c4ccc(-c5nc(-c6ccc(-c7ccccc7)cc6)nc(-c6ccccc6-c6ccccc6)n5)cc4)C4CC5CC(C4)CC3C5)cc2)c1. The highest BCUT2D eigenvalue weighted by Gasteiger charge is 2.58. The van der Waals surface area contributed by atoms with Gasteiger partial charge in [0.1, 0.15) is 7.14 Å². The van der Waals surface area contributed by atoms with Crippen molar-refractivity contribution in [1.82, 2.24) is 15.0 Å². The summed E-state index contributed by atoms with van der Waals surface area (Å²) in [6, 6.07) is 65.0. The quantitative estimate of drug-likeness (QED) is 0.136. The maximum Gasteiger partial charge on any atom is 0.164 e. The molecule has 4 aliphatic carbocycles. The highest BCUT2D eigenvalue weighted by molar-refractivity contribution is 7.70. The van der Waals surface area contributed by atoms with E-state index in [1.165, 1.54) is 54.4 Å². The van der Waals surface area contributed by atoms with Crippen LogP contribution in [-0.4, -0.2) is 28.3 Å². The van der Waals surface area contributed by atoms with Gasteiger partial charge in [0.25, 0.3) is 0 Å². The van der Waals surface area contributed by atoms with Crippen LogP contribution in [0.25, 0.3) is 67.5 Å². The van der Waals surface area contributed by atoms with Gasteiger partial charge in [0.2, 0.25) is 0 Å². The molecule has 0 aliphatic heterocycles. The lowest BCUT2D eigenvalue weighted by molar-refractivity contribution is -0.0418. The van der Waals surface area contributed by atoms with E-state index < -0.39 is 7.14 Å². The van der Waals surface area contributed by atoms with E-state index in [4.69, 9.17) is 15.0 Å². The molecule has 7 aromatic carbocycles. The second-order valence-electron chi connectivity index (χ2n) is 18.4. The van der Waals surface area contributed by atoms with Crippen LogP contribution in [0.5, 0.6) is 0 Å².